The summed E-state index contributed by atoms with van der Waals surface area (Å²) < 4.78 is 5.19. The molecule has 0 aromatic carbocycles. The predicted molar refractivity (Wildman–Crippen MR) is 66.4 cm³/mol. The smallest absolute Gasteiger partial charge is 0.317 e. The van der Waals surface area contributed by atoms with E-state index in [1.807, 2.05) is 20.8 Å². The SMILES string of the molecule is CCN(C(=O)NC1COCC1(C)C(=O)O)C(C)C. The molecule has 0 saturated carbocycles. The van der Waals surface area contributed by atoms with Gasteiger partial charge in [0.15, 0.2) is 0 Å². The van der Waals surface area contributed by atoms with Gasteiger partial charge in [0.25, 0.3) is 0 Å². The molecule has 1 saturated heterocycles. The Hall–Kier alpha value is -1.30. The third-order valence-corrected chi connectivity index (χ3v) is 3.47. The fourth-order valence-electron chi connectivity index (χ4n) is 2.06. The number of carbonyl (C=O) groups excluding carboxylic acids is 1. The summed E-state index contributed by atoms with van der Waals surface area (Å²) in [5, 5.41) is 12.0. The number of rotatable bonds is 4. The molecule has 2 unspecified atom stereocenters. The topological polar surface area (TPSA) is 78.9 Å². The Labute approximate surface area is 107 Å². The van der Waals surface area contributed by atoms with Crippen molar-refractivity contribution >= 4 is 12.0 Å². The molecule has 6 nitrogen and oxygen atoms in total. The van der Waals surface area contributed by atoms with E-state index in [0.717, 1.165) is 0 Å². The predicted octanol–water partition coefficient (Wildman–Crippen LogP) is 0.916. The van der Waals surface area contributed by atoms with Crippen molar-refractivity contribution in [1.82, 2.24) is 10.2 Å². The molecule has 1 rings (SSSR count). The lowest BCUT2D eigenvalue weighted by molar-refractivity contribution is -0.148. The average Bonchev–Trinajstić information content (AvgIpc) is 2.62. The van der Waals surface area contributed by atoms with Crippen molar-refractivity contribution in [2.24, 2.45) is 5.41 Å². The highest BCUT2D eigenvalue weighted by atomic mass is 16.5. The van der Waals surface area contributed by atoms with Crippen LogP contribution in [0, 0.1) is 5.41 Å². The number of nitrogens with one attached hydrogen (secondary N) is 1. The van der Waals surface area contributed by atoms with Gasteiger partial charge in [-0.15, -0.1) is 0 Å². The van der Waals surface area contributed by atoms with E-state index >= 15 is 0 Å². The molecule has 1 heterocycles. The van der Waals surface area contributed by atoms with Gasteiger partial charge in [-0.05, 0) is 27.7 Å². The van der Waals surface area contributed by atoms with Gasteiger partial charge in [0.1, 0.15) is 5.41 Å². The summed E-state index contributed by atoms with van der Waals surface area (Å²) in [5.74, 6) is -0.946. The summed E-state index contributed by atoms with van der Waals surface area (Å²) >= 11 is 0. The van der Waals surface area contributed by atoms with Crippen molar-refractivity contribution in [1.29, 1.82) is 0 Å². The molecule has 6 heteroatoms. The second-order valence-electron chi connectivity index (χ2n) is 5.12. The molecule has 1 aliphatic rings. The fourth-order valence-corrected chi connectivity index (χ4v) is 2.06. The van der Waals surface area contributed by atoms with Gasteiger partial charge in [0, 0.05) is 12.6 Å². The fraction of sp³-hybridized carbons (Fsp3) is 0.833. The van der Waals surface area contributed by atoms with Crippen LogP contribution in [0.4, 0.5) is 4.79 Å². The minimum atomic E-state index is -1.05. The molecule has 104 valence electrons. The molecule has 2 N–H and O–H groups in total. The first-order valence-corrected chi connectivity index (χ1v) is 6.21. The molecule has 0 spiro atoms. The lowest BCUT2D eigenvalue weighted by atomic mass is 9.85. The first-order valence-electron chi connectivity index (χ1n) is 6.21. The average molecular weight is 258 g/mol. The summed E-state index contributed by atoms with van der Waals surface area (Å²) in [6, 6.07) is -0.654. The first-order chi connectivity index (χ1) is 8.32. The molecule has 18 heavy (non-hydrogen) atoms. The largest absolute Gasteiger partial charge is 0.481 e. The molecule has 0 radical (unpaired) electrons. The van der Waals surface area contributed by atoms with Crippen LogP contribution in [0.5, 0.6) is 0 Å². The minimum absolute atomic E-state index is 0.0772. The Balaban J connectivity index is 2.72. The highest BCUT2D eigenvalue weighted by Crippen LogP contribution is 2.28. The molecule has 2 amide bonds. The number of ether oxygens (including phenoxy) is 1. The van der Waals surface area contributed by atoms with Gasteiger partial charge in [0.2, 0.25) is 0 Å². The molecular formula is C12H22N2O4. The van der Waals surface area contributed by atoms with Gasteiger partial charge >= 0.3 is 12.0 Å². The highest BCUT2D eigenvalue weighted by Gasteiger charge is 2.47. The summed E-state index contributed by atoms with van der Waals surface area (Å²) in [7, 11) is 0. The van der Waals surface area contributed by atoms with Gasteiger partial charge in [-0.1, -0.05) is 0 Å². The van der Waals surface area contributed by atoms with E-state index in [4.69, 9.17) is 4.74 Å². The number of carboxylic acids is 1. The monoisotopic (exact) mass is 258 g/mol. The molecule has 0 aromatic heterocycles. The number of carbonyl (C=O) groups is 2. The zero-order valence-electron chi connectivity index (χ0n) is 11.4. The molecular weight excluding hydrogens is 236 g/mol. The number of hydrogen-bond donors (Lipinski definition) is 2. The quantitative estimate of drug-likeness (QED) is 0.785. The Bertz CT molecular complexity index is 332. The van der Waals surface area contributed by atoms with E-state index in [1.54, 1.807) is 11.8 Å². The standard InChI is InChI=1S/C12H22N2O4/c1-5-14(8(2)3)11(17)13-9-6-18-7-12(9,4)10(15)16/h8-9H,5-7H2,1-4H3,(H,13,17)(H,15,16). The van der Waals surface area contributed by atoms with E-state index in [-0.39, 0.29) is 25.3 Å². The van der Waals surface area contributed by atoms with Crippen molar-refractivity contribution < 1.29 is 19.4 Å². The van der Waals surface area contributed by atoms with Crippen molar-refractivity contribution in [2.75, 3.05) is 19.8 Å². The number of urea groups is 1. The van der Waals surface area contributed by atoms with Crippen LogP contribution in [-0.2, 0) is 9.53 Å². The van der Waals surface area contributed by atoms with E-state index in [9.17, 15) is 14.7 Å². The van der Waals surface area contributed by atoms with Crippen LogP contribution in [0.15, 0.2) is 0 Å². The molecule has 0 bridgehead atoms. The Morgan fingerprint density at radius 1 is 1.56 bits per heavy atom. The van der Waals surface area contributed by atoms with Crippen LogP contribution in [0.25, 0.3) is 0 Å². The van der Waals surface area contributed by atoms with Gasteiger partial charge < -0.3 is 20.1 Å². The Morgan fingerprint density at radius 3 is 2.61 bits per heavy atom. The third-order valence-electron chi connectivity index (χ3n) is 3.47. The summed E-state index contributed by atoms with van der Waals surface area (Å²) in [5.41, 5.74) is -1.05. The Morgan fingerprint density at radius 2 is 2.17 bits per heavy atom. The maximum absolute atomic E-state index is 12.0. The Kier molecular flexibility index (Phi) is 4.56. The number of amides is 2. The van der Waals surface area contributed by atoms with Crippen LogP contribution in [0.1, 0.15) is 27.7 Å². The molecule has 0 aromatic rings. The van der Waals surface area contributed by atoms with E-state index in [1.165, 1.54) is 0 Å². The number of carboxylic acid groups (broad SMARTS) is 1. The van der Waals surface area contributed by atoms with Crippen molar-refractivity contribution in [3.8, 4) is 0 Å². The van der Waals surface area contributed by atoms with Crippen LogP contribution in [-0.4, -0.2) is 53.8 Å². The molecule has 0 aliphatic carbocycles. The second kappa shape index (κ2) is 5.56. The van der Waals surface area contributed by atoms with Gasteiger partial charge in [-0.25, -0.2) is 4.79 Å². The van der Waals surface area contributed by atoms with Gasteiger partial charge in [-0.3, -0.25) is 4.79 Å². The maximum atomic E-state index is 12.0. The van der Waals surface area contributed by atoms with E-state index in [0.29, 0.717) is 6.54 Å². The zero-order chi connectivity index (χ0) is 13.9. The van der Waals surface area contributed by atoms with Crippen molar-refractivity contribution in [3.63, 3.8) is 0 Å². The summed E-state index contributed by atoms with van der Waals surface area (Å²) in [6.45, 7) is 8.28. The maximum Gasteiger partial charge on any atom is 0.317 e. The van der Waals surface area contributed by atoms with Gasteiger partial charge in [-0.2, -0.15) is 0 Å². The minimum Gasteiger partial charge on any atom is -0.481 e. The highest BCUT2D eigenvalue weighted by molar-refractivity contribution is 5.79. The summed E-state index contributed by atoms with van der Waals surface area (Å²) in [4.78, 5) is 24.9. The zero-order valence-corrected chi connectivity index (χ0v) is 11.4. The molecule has 1 fully saturated rings. The number of aliphatic carboxylic acids is 1. The first kappa shape index (κ1) is 14.8. The normalized spacial score (nSPS) is 27.3. The van der Waals surface area contributed by atoms with Crippen molar-refractivity contribution in [2.45, 2.75) is 39.8 Å². The number of hydrogen-bond acceptors (Lipinski definition) is 3. The van der Waals surface area contributed by atoms with Gasteiger partial charge in [0.05, 0.1) is 19.3 Å². The van der Waals surface area contributed by atoms with Crippen molar-refractivity contribution in [3.05, 3.63) is 0 Å². The summed E-state index contributed by atoms with van der Waals surface area (Å²) in [6.07, 6.45) is 0. The second-order valence-corrected chi connectivity index (χ2v) is 5.12. The third kappa shape index (κ3) is 2.75. The number of nitrogens with zero attached hydrogens (tertiary/aromatic N) is 1. The molecule has 1 aliphatic heterocycles. The van der Waals surface area contributed by atoms with E-state index < -0.39 is 17.4 Å². The van der Waals surface area contributed by atoms with E-state index in [2.05, 4.69) is 5.32 Å². The van der Waals surface area contributed by atoms with Crippen LogP contribution >= 0.6 is 0 Å². The van der Waals surface area contributed by atoms with Crippen LogP contribution in [0.2, 0.25) is 0 Å². The van der Waals surface area contributed by atoms with Crippen LogP contribution in [0.3, 0.4) is 0 Å². The van der Waals surface area contributed by atoms with Crippen LogP contribution < -0.4 is 5.32 Å². The molecule has 2 atom stereocenters. The lowest BCUT2D eigenvalue weighted by Gasteiger charge is -2.30. The lowest BCUT2D eigenvalue weighted by Crippen LogP contribution is -2.54.